The molecule has 0 saturated carbocycles. The van der Waals surface area contributed by atoms with Gasteiger partial charge in [-0.05, 0) is 58.7 Å². The van der Waals surface area contributed by atoms with Gasteiger partial charge in [0.05, 0.1) is 15.2 Å². The standard InChI is InChI=1S/C13H9BrCl2FNO2S/c1-7-4-9(14)11(17)6-12(7)18-21(19,20)13-5-8(15)2-3-10(13)16/h2-6,18H,1H3. The Morgan fingerprint density at radius 2 is 1.86 bits per heavy atom. The third kappa shape index (κ3) is 3.69. The molecule has 0 heterocycles. The number of aryl methyl sites for hydroxylation is 1. The summed E-state index contributed by atoms with van der Waals surface area (Å²) in [6, 6.07) is 6.67. The van der Waals surface area contributed by atoms with E-state index in [-0.39, 0.29) is 25.1 Å². The number of anilines is 1. The van der Waals surface area contributed by atoms with Gasteiger partial charge in [-0.1, -0.05) is 23.2 Å². The Morgan fingerprint density at radius 1 is 1.19 bits per heavy atom. The maximum Gasteiger partial charge on any atom is 0.263 e. The molecule has 0 radical (unpaired) electrons. The van der Waals surface area contributed by atoms with Crippen molar-refractivity contribution in [3.05, 3.63) is 56.2 Å². The highest BCUT2D eigenvalue weighted by Gasteiger charge is 2.20. The fourth-order valence-electron chi connectivity index (χ4n) is 1.64. The molecule has 0 amide bonds. The van der Waals surface area contributed by atoms with Gasteiger partial charge in [0.2, 0.25) is 0 Å². The lowest BCUT2D eigenvalue weighted by molar-refractivity contribution is 0.601. The quantitative estimate of drug-likeness (QED) is 0.770. The van der Waals surface area contributed by atoms with Crippen LogP contribution in [0.3, 0.4) is 0 Å². The second-order valence-corrected chi connectivity index (χ2v) is 7.61. The number of halogens is 4. The van der Waals surface area contributed by atoms with Gasteiger partial charge < -0.3 is 0 Å². The van der Waals surface area contributed by atoms with E-state index in [0.29, 0.717) is 5.56 Å². The third-order valence-corrected chi connectivity index (χ3v) is 5.38. The minimum absolute atomic E-state index is 0.0298. The van der Waals surface area contributed by atoms with E-state index in [1.807, 2.05) is 0 Å². The van der Waals surface area contributed by atoms with Crippen LogP contribution in [0.5, 0.6) is 0 Å². The first kappa shape index (κ1) is 16.5. The summed E-state index contributed by atoms with van der Waals surface area (Å²) in [6.07, 6.45) is 0. The number of sulfonamides is 1. The fraction of sp³-hybridized carbons (Fsp3) is 0.0769. The lowest BCUT2D eigenvalue weighted by atomic mass is 10.2. The molecule has 0 saturated heterocycles. The van der Waals surface area contributed by atoms with Gasteiger partial charge in [-0.25, -0.2) is 12.8 Å². The van der Waals surface area contributed by atoms with Gasteiger partial charge in [0.25, 0.3) is 10.0 Å². The van der Waals surface area contributed by atoms with Crippen LogP contribution in [-0.4, -0.2) is 8.42 Å². The minimum atomic E-state index is -3.97. The molecule has 2 aromatic rings. The molecular weight excluding hydrogens is 404 g/mol. The van der Waals surface area contributed by atoms with Crippen molar-refractivity contribution in [1.29, 1.82) is 0 Å². The van der Waals surface area contributed by atoms with Crippen LogP contribution in [0.25, 0.3) is 0 Å². The number of nitrogens with one attached hydrogen (secondary N) is 1. The fourth-order valence-corrected chi connectivity index (χ4v) is 3.98. The summed E-state index contributed by atoms with van der Waals surface area (Å²) in [6.45, 7) is 1.65. The highest BCUT2D eigenvalue weighted by atomic mass is 79.9. The van der Waals surface area contributed by atoms with E-state index in [9.17, 15) is 12.8 Å². The molecule has 0 aliphatic rings. The van der Waals surface area contributed by atoms with Gasteiger partial charge in [-0.3, -0.25) is 4.72 Å². The summed E-state index contributed by atoms with van der Waals surface area (Å²) >= 11 is 14.7. The Balaban J connectivity index is 2.47. The Bertz CT molecular complexity index is 812. The summed E-state index contributed by atoms with van der Waals surface area (Å²) in [7, 11) is -3.97. The predicted molar refractivity (Wildman–Crippen MR) is 86.1 cm³/mol. The monoisotopic (exact) mass is 411 g/mol. The van der Waals surface area contributed by atoms with E-state index >= 15 is 0 Å². The Kier molecular flexibility index (Phi) is 4.82. The molecule has 0 aliphatic heterocycles. The van der Waals surface area contributed by atoms with Gasteiger partial charge in [-0.15, -0.1) is 0 Å². The molecule has 2 rings (SSSR count). The number of rotatable bonds is 3. The van der Waals surface area contributed by atoms with Crippen molar-refractivity contribution < 1.29 is 12.8 Å². The molecule has 1 N–H and O–H groups in total. The molecular formula is C13H9BrCl2FNO2S. The third-order valence-electron chi connectivity index (χ3n) is 2.69. The van der Waals surface area contributed by atoms with Crippen LogP contribution >= 0.6 is 39.1 Å². The van der Waals surface area contributed by atoms with Crippen LogP contribution in [0.15, 0.2) is 39.7 Å². The topological polar surface area (TPSA) is 46.2 Å². The molecule has 0 fully saturated rings. The second-order valence-electron chi connectivity index (χ2n) is 4.26. The van der Waals surface area contributed by atoms with Gasteiger partial charge in [0.1, 0.15) is 10.7 Å². The highest BCUT2D eigenvalue weighted by Crippen LogP contribution is 2.29. The zero-order chi connectivity index (χ0) is 15.8. The van der Waals surface area contributed by atoms with E-state index in [0.717, 1.165) is 6.07 Å². The van der Waals surface area contributed by atoms with Crippen molar-refractivity contribution in [3.63, 3.8) is 0 Å². The van der Waals surface area contributed by atoms with Gasteiger partial charge in [-0.2, -0.15) is 0 Å². The van der Waals surface area contributed by atoms with Crippen LogP contribution in [0.4, 0.5) is 10.1 Å². The van der Waals surface area contributed by atoms with Crippen LogP contribution in [0.2, 0.25) is 10.0 Å². The minimum Gasteiger partial charge on any atom is -0.279 e. The maximum atomic E-state index is 13.6. The highest BCUT2D eigenvalue weighted by molar-refractivity contribution is 9.10. The van der Waals surface area contributed by atoms with Crippen molar-refractivity contribution in [3.8, 4) is 0 Å². The van der Waals surface area contributed by atoms with Crippen molar-refractivity contribution in [1.82, 2.24) is 0 Å². The molecule has 0 aliphatic carbocycles. The Hall–Kier alpha value is -0.820. The maximum absolute atomic E-state index is 13.6. The number of hydrogen-bond donors (Lipinski definition) is 1. The molecule has 0 bridgehead atoms. The molecule has 0 atom stereocenters. The smallest absolute Gasteiger partial charge is 0.263 e. The average Bonchev–Trinajstić information content (AvgIpc) is 2.38. The summed E-state index contributed by atoms with van der Waals surface area (Å²) in [4.78, 5) is -0.167. The van der Waals surface area contributed by atoms with Crippen molar-refractivity contribution in [2.24, 2.45) is 0 Å². The lowest BCUT2D eigenvalue weighted by Gasteiger charge is -2.12. The van der Waals surface area contributed by atoms with Crippen LogP contribution in [0.1, 0.15) is 5.56 Å². The van der Waals surface area contributed by atoms with Crippen molar-refractivity contribution >= 4 is 54.8 Å². The predicted octanol–water partition coefficient (Wildman–Crippen LogP) is 5.00. The second kappa shape index (κ2) is 6.12. The largest absolute Gasteiger partial charge is 0.279 e. The zero-order valence-electron chi connectivity index (χ0n) is 10.6. The molecule has 8 heteroatoms. The summed E-state index contributed by atoms with van der Waals surface area (Å²) < 4.78 is 40.8. The normalized spacial score (nSPS) is 11.5. The molecule has 0 spiro atoms. The molecule has 2 aromatic carbocycles. The zero-order valence-corrected chi connectivity index (χ0v) is 14.5. The Morgan fingerprint density at radius 3 is 2.52 bits per heavy atom. The summed E-state index contributed by atoms with van der Waals surface area (Å²) in [5.41, 5.74) is 0.691. The SMILES string of the molecule is Cc1cc(Br)c(F)cc1NS(=O)(=O)c1cc(Cl)ccc1Cl. The van der Waals surface area contributed by atoms with Crippen molar-refractivity contribution in [2.75, 3.05) is 4.72 Å². The first-order valence-electron chi connectivity index (χ1n) is 5.64. The van der Waals surface area contributed by atoms with Crippen LogP contribution < -0.4 is 4.72 Å². The van der Waals surface area contributed by atoms with E-state index in [2.05, 4.69) is 20.7 Å². The van der Waals surface area contributed by atoms with E-state index < -0.39 is 15.8 Å². The van der Waals surface area contributed by atoms with Crippen molar-refractivity contribution in [2.45, 2.75) is 11.8 Å². The first-order valence-corrected chi connectivity index (χ1v) is 8.67. The van der Waals surface area contributed by atoms with E-state index in [1.54, 1.807) is 6.92 Å². The molecule has 21 heavy (non-hydrogen) atoms. The molecule has 3 nitrogen and oxygen atoms in total. The molecule has 112 valence electrons. The molecule has 0 unspecified atom stereocenters. The van der Waals surface area contributed by atoms with Gasteiger partial charge >= 0.3 is 0 Å². The molecule has 0 aromatic heterocycles. The van der Waals surface area contributed by atoms with Gasteiger partial charge in [0, 0.05) is 5.02 Å². The average molecular weight is 413 g/mol. The first-order chi connectivity index (χ1) is 9.70. The summed E-state index contributed by atoms with van der Waals surface area (Å²) in [5, 5.41) is 0.264. The number of hydrogen-bond acceptors (Lipinski definition) is 2. The summed E-state index contributed by atoms with van der Waals surface area (Å²) in [5.74, 6) is -0.574. The van der Waals surface area contributed by atoms with E-state index in [4.69, 9.17) is 23.2 Å². The lowest BCUT2D eigenvalue weighted by Crippen LogP contribution is -2.14. The van der Waals surface area contributed by atoms with Gasteiger partial charge in [0.15, 0.2) is 0 Å². The van der Waals surface area contributed by atoms with E-state index in [1.165, 1.54) is 24.3 Å². The number of benzene rings is 2. The van der Waals surface area contributed by atoms with Crippen LogP contribution in [0, 0.1) is 12.7 Å². The Labute approximate surface area is 140 Å². The van der Waals surface area contributed by atoms with Crippen LogP contribution in [-0.2, 0) is 10.0 Å².